The van der Waals surface area contributed by atoms with E-state index < -0.39 is 11.5 Å². The van der Waals surface area contributed by atoms with Gasteiger partial charge in [-0.25, -0.2) is 0 Å². The Morgan fingerprint density at radius 3 is 2.70 bits per heavy atom. The summed E-state index contributed by atoms with van der Waals surface area (Å²) in [5.74, 6) is 0.826. The van der Waals surface area contributed by atoms with E-state index in [2.05, 4.69) is 37.8 Å². The summed E-state index contributed by atoms with van der Waals surface area (Å²) in [4.78, 5) is 14.2. The predicted octanol–water partition coefficient (Wildman–Crippen LogP) is 4.51. The third-order valence-electron chi connectivity index (χ3n) is 6.35. The van der Waals surface area contributed by atoms with Crippen LogP contribution in [0.4, 0.5) is 0 Å². The number of hydrogen-bond donors (Lipinski definition) is 1. The van der Waals surface area contributed by atoms with Crippen LogP contribution in [0.1, 0.15) is 72.3 Å². The van der Waals surface area contributed by atoms with E-state index in [0.717, 1.165) is 19.5 Å². The molecule has 1 aliphatic heterocycles. The van der Waals surface area contributed by atoms with Crippen molar-refractivity contribution in [1.29, 1.82) is 0 Å². The molecule has 0 aromatic heterocycles. The minimum atomic E-state index is -1.01. The van der Waals surface area contributed by atoms with E-state index in [1.54, 1.807) is 13.8 Å². The summed E-state index contributed by atoms with van der Waals surface area (Å²) in [6.45, 7) is 13.9. The van der Waals surface area contributed by atoms with Gasteiger partial charge in [0, 0.05) is 6.54 Å². The van der Waals surface area contributed by atoms with E-state index >= 15 is 0 Å². The monoisotopic (exact) mass is 374 g/mol. The Balaban J connectivity index is 2.05. The maximum atomic E-state index is 11.6. The van der Waals surface area contributed by atoms with Gasteiger partial charge in [-0.1, -0.05) is 52.2 Å². The minimum Gasteiger partial charge on any atom is -0.478 e. The molecule has 1 saturated heterocycles. The van der Waals surface area contributed by atoms with Gasteiger partial charge in [0.1, 0.15) is 5.75 Å². The minimum absolute atomic E-state index is 0.121. The van der Waals surface area contributed by atoms with Gasteiger partial charge in [0.25, 0.3) is 5.91 Å². The number of likely N-dealkylation sites (tertiary alicyclic amines) is 1. The van der Waals surface area contributed by atoms with Crippen molar-refractivity contribution < 1.29 is 9.53 Å². The van der Waals surface area contributed by atoms with Crippen molar-refractivity contribution in [2.24, 2.45) is 11.7 Å². The van der Waals surface area contributed by atoms with Crippen molar-refractivity contribution >= 4 is 5.91 Å². The fourth-order valence-electron chi connectivity index (χ4n) is 3.97. The first kappa shape index (κ1) is 21.7. The van der Waals surface area contributed by atoms with Crippen molar-refractivity contribution in [3.63, 3.8) is 0 Å². The van der Waals surface area contributed by atoms with Crippen LogP contribution >= 0.6 is 0 Å². The molecule has 2 N–H and O–H groups in total. The molecule has 0 aliphatic carbocycles. The Kier molecular flexibility index (Phi) is 7.32. The lowest BCUT2D eigenvalue weighted by molar-refractivity contribution is -0.130. The second-order valence-electron chi connectivity index (χ2n) is 8.93. The van der Waals surface area contributed by atoms with Crippen LogP contribution in [0.15, 0.2) is 24.3 Å². The number of nitrogens with zero attached hydrogens (tertiary/aromatic N) is 1. The zero-order chi connectivity index (χ0) is 20.1. The standard InChI is InChI=1S/C23H38N2O2/c1-6-7-8-9-14-25-15-13-23(5,18(2)17-25)19-11-10-12-20(16-19)27-22(3,4)21(24)26/h10-12,16,18H,6-9,13-15,17H2,1-5H3,(H2,24,26). The second kappa shape index (κ2) is 9.09. The van der Waals surface area contributed by atoms with E-state index in [1.165, 1.54) is 37.8 Å². The Morgan fingerprint density at radius 2 is 2.07 bits per heavy atom. The second-order valence-corrected chi connectivity index (χ2v) is 8.93. The lowest BCUT2D eigenvalue weighted by Crippen LogP contribution is -2.47. The van der Waals surface area contributed by atoms with Crippen LogP contribution < -0.4 is 10.5 Å². The molecule has 2 rings (SSSR count). The maximum absolute atomic E-state index is 11.6. The molecular weight excluding hydrogens is 336 g/mol. The number of hydrogen-bond acceptors (Lipinski definition) is 3. The van der Waals surface area contributed by atoms with Crippen molar-refractivity contribution in [1.82, 2.24) is 4.90 Å². The van der Waals surface area contributed by atoms with Gasteiger partial charge in [-0.3, -0.25) is 4.79 Å². The molecule has 1 aliphatic rings. The number of ether oxygens (including phenoxy) is 1. The lowest BCUT2D eigenvalue weighted by Gasteiger charge is -2.45. The van der Waals surface area contributed by atoms with Crippen LogP contribution in [0.5, 0.6) is 5.75 Å². The van der Waals surface area contributed by atoms with Gasteiger partial charge in [0.05, 0.1) is 0 Å². The summed E-state index contributed by atoms with van der Waals surface area (Å²) < 4.78 is 5.89. The van der Waals surface area contributed by atoms with E-state index in [4.69, 9.17) is 10.5 Å². The van der Waals surface area contributed by atoms with Crippen LogP contribution in [0.25, 0.3) is 0 Å². The normalized spacial score (nSPS) is 24.0. The highest BCUT2D eigenvalue weighted by molar-refractivity contribution is 5.82. The molecule has 0 spiro atoms. The van der Waals surface area contributed by atoms with E-state index in [1.807, 2.05) is 12.1 Å². The highest BCUT2D eigenvalue weighted by Gasteiger charge is 2.38. The van der Waals surface area contributed by atoms with E-state index in [-0.39, 0.29) is 5.41 Å². The predicted molar refractivity (Wildman–Crippen MR) is 112 cm³/mol. The summed E-state index contributed by atoms with van der Waals surface area (Å²) >= 11 is 0. The molecule has 1 fully saturated rings. The number of carbonyl (C=O) groups excluding carboxylic acids is 1. The third kappa shape index (κ3) is 5.47. The smallest absolute Gasteiger partial charge is 0.261 e. The van der Waals surface area contributed by atoms with E-state index in [0.29, 0.717) is 11.7 Å². The molecule has 0 bridgehead atoms. The van der Waals surface area contributed by atoms with Crippen LogP contribution in [0.3, 0.4) is 0 Å². The number of rotatable bonds is 9. The fraction of sp³-hybridized carbons (Fsp3) is 0.696. The van der Waals surface area contributed by atoms with Gasteiger partial charge in [-0.05, 0) is 68.8 Å². The zero-order valence-electron chi connectivity index (χ0n) is 17.9. The molecule has 1 amide bonds. The summed E-state index contributed by atoms with van der Waals surface area (Å²) in [5, 5.41) is 0. The first-order valence-electron chi connectivity index (χ1n) is 10.5. The quantitative estimate of drug-likeness (QED) is 0.647. The molecular formula is C23H38N2O2. The van der Waals surface area contributed by atoms with Gasteiger partial charge in [-0.15, -0.1) is 0 Å². The van der Waals surface area contributed by atoms with Crippen molar-refractivity contribution in [3.8, 4) is 5.75 Å². The summed E-state index contributed by atoms with van der Waals surface area (Å²) in [6, 6.07) is 8.22. The highest BCUT2D eigenvalue weighted by atomic mass is 16.5. The molecule has 4 heteroatoms. The van der Waals surface area contributed by atoms with Crippen LogP contribution in [-0.4, -0.2) is 36.0 Å². The highest BCUT2D eigenvalue weighted by Crippen LogP contribution is 2.40. The van der Waals surface area contributed by atoms with Gasteiger partial charge in [0.2, 0.25) is 0 Å². The van der Waals surface area contributed by atoms with Crippen LogP contribution in [-0.2, 0) is 10.2 Å². The molecule has 152 valence electrons. The van der Waals surface area contributed by atoms with Gasteiger partial charge in [0.15, 0.2) is 5.60 Å². The number of nitrogens with two attached hydrogens (primary N) is 1. The Hall–Kier alpha value is -1.55. The molecule has 0 saturated carbocycles. The van der Waals surface area contributed by atoms with E-state index in [9.17, 15) is 4.79 Å². The Bertz CT molecular complexity index is 629. The summed E-state index contributed by atoms with van der Waals surface area (Å²) in [5.41, 5.74) is 5.86. The fourth-order valence-corrected chi connectivity index (χ4v) is 3.97. The first-order chi connectivity index (χ1) is 12.7. The number of carbonyl (C=O) groups is 1. The number of benzene rings is 1. The molecule has 2 unspecified atom stereocenters. The van der Waals surface area contributed by atoms with Crippen molar-refractivity contribution in [3.05, 3.63) is 29.8 Å². The largest absolute Gasteiger partial charge is 0.478 e. The molecule has 27 heavy (non-hydrogen) atoms. The molecule has 2 atom stereocenters. The lowest BCUT2D eigenvalue weighted by atomic mass is 9.68. The molecule has 1 aromatic carbocycles. The van der Waals surface area contributed by atoms with Crippen molar-refractivity contribution in [2.45, 2.75) is 77.7 Å². The van der Waals surface area contributed by atoms with Crippen LogP contribution in [0.2, 0.25) is 0 Å². The number of piperidine rings is 1. The maximum Gasteiger partial charge on any atom is 0.261 e. The SMILES string of the molecule is CCCCCCN1CCC(C)(c2cccc(OC(C)(C)C(N)=O)c2)C(C)C1. The molecule has 4 nitrogen and oxygen atoms in total. The third-order valence-corrected chi connectivity index (χ3v) is 6.35. The molecule has 1 aromatic rings. The van der Waals surface area contributed by atoms with Crippen LogP contribution in [0, 0.1) is 5.92 Å². The number of primary amides is 1. The van der Waals surface area contributed by atoms with Gasteiger partial charge >= 0.3 is 0 Å². The zero-order valence-corrected chi connectivity index (χ0v) is 17.9. The number of amides is 1. The number of unbranched alkanes of at least 4 members (excludes halogenated alkanes) is 3. The van der Waals surface area contributed by atoms with Gasteiger partial charge in [-0.2, -0.15) is 0 Å². The Morgan fingerprint density at radius 1 is 1.33 bits per heavy atom. The average Bonchev–Trinajstić information content (AvgIpc) is 2.61. The summed E-state index contributed by atoms with van der Waals surface area (Å²) in [6.07, 6.45) is 6.43. The topological polar surface area (TPSA) is 55.6 Å². The first-order valence-corrected chi connectivity index (χ1v) is 10.5. The van der Waals surface area contributed by atoms with Gasteiger partial charge < -0.3 is 15.4 Å². The summed E-state index contributed by atoms with van der Waals surface area (Å²) in [7, 11) is 0. The molecule has 0 radical (unpaired) electrons. The Labute approximate surface area is 165 Å². The van der Waals surface area contributed by atoms with Crippen molar-refractivity contribution in [2.75, 3.05) is 19.6 Å². The molecule has 1 heterocycles. The average molecular weight is 375 g/mol.